The van der Waals surface area contributed by atoms with Gasteiger partial charge in [-0.25, -0.2) is 9.37 Å². The highest BCUT2D eigenvalue weighted by Crippen LogP contribution is 2.15. The molecule has 1 heterocycles. The lowest BCUT2D eigenvalue weighted by Crippen LogP contribution is -2.05. The Balaban J connectivity index is 2.56. The number of halogens is 3. The molecule has 0 saturated heterocycles. The number of hydrogen-bond acceptors (Lipinski definition) is 2. The highest BCUT2D eigenvalue weighted by Gasteiger charge is 2.02. The highest BCUT2D eigenvalue weighted by molar-refractivity contribution is 6.30. The van der Waals surface area contributed by atoms with Crippen LogP contribution >= 0.6 is 11.6 Å². The molecular formula is C8H9ClF2N2. The Kier molecular flexibility index (Phi) is 3.89. The third-order valence-electron chi connectivity index (χ3n) is 1.41. The molecule has 0 aliphatic heterocycles. The average molecular weight is 207 g/mol. The Bertz CT molecular complexity index is 281. The fourth-order valence-corrected chi connectivity index (χ4v) is 0.963. The number of rotatable bonds is 4. The van der Waals surface area contributed by atoms with E-state index in [4.69, 9.17) is 11.6 Å². The summed E-state index contributed by atoms with van der Waals surface area (Å²) < 4.78 is 24.7. The number of nitrogens with one attached hydrogen (secondary N) is 1. The van der Waals surface area contributed by atoms with Crippen molar-refractivity contribution in [1.82, 2.24) is 4.98 Å². The molecule has 5 heteroatoms. The number of nitrogens with zero attached hydrogens (tertiary/aromatic N) is 1. The Morgan fingerprint density at radius 3 is 2.92 bits per heavy atom. The molecule has 13 heavy (non-hydrogen) atoms. The minimum absolute atomic E-state index is 0.109. The van der Waals surface area contributed by atoms with Crippen LogP contribution in [0.1, 0.15) is 6.42 Å². The first kappa shape index (κ1) is 10.2. The second kappa shape index (κ2) is 4.97. The lowest BCUT2D eigenvalue weighted by atomic mass is 10.4. The van der Waals surface area contributed by atoms with E-state index in [1.807, 2.05) is 0 Å². The molecular weight excluding hydrogens is 198 g/mol. The van der Waals surface area contributed by atoms with E-state index in [-0.39, 0.29) is 10.8 Å². The SMILES string of the molecule is FCCCNc1ncc(Cl)cc1F. The monoisotopic (exact) mass is 206 g/mol. The van der Waals surface area contributed by atoms with Gasteiger partial charge in [-0.2, -0.15) is 0 Å². The van der Waals surface area contributed by atoms with E-state index in [1.165, 1.54) is 6.20 Å². The quantitative estimate of drug-likeness (QED) is 0.767. The topological polar surface area (TPSA) is 24.9 Å². The molecule has 0 bridgehead atoms. The molecule has 0 aromatic carbocycles. The van der Waals surface area contributed by atoms with Crippen molar-refractivity contribution >= 4 is 17.4 Å². The summed E-state index contributed by atoms with van der Waals surface area (Å²) in [7, 11) is 0. The predicted molar refractivity (Wildman–Crippen MR) is 48.3 cm³/mol. The van der Waals surface area contributed by atoms with Crippen molar-refractivity contribution in [2.45, 2.75) is 6.42 Å². The molecule has 0 amide bonds. The van der Waals surface area contributed by atoms with Gasteiger partial charge in [-0.15, -0.1) is 0 Å². The van der Waals surface area contributed by atoms with Gasteiger partial charge in [0.1, 0.15) is 0 Å². The molecule has 0 saturated carbocycles. The number of alkyl halides is 1. The molecule has 0 radical (unpaired) electrons. The van der Waals surface area contributed by atoms with E-state index in [2.05, 4.69) is 10.3 Å². The molecule has 1 N–H and O–H groups in total. The Morgan fingerprint density at radius 1 is 1.54 bits per heavy atom. The fraction of sp³-hybridized carbons (Fsp3) is 0.375. The van der Waals surface area contributed by atoms with E-state index in [1.54, 1.807) is 0 Å². The first-order valence-corrected chi connectivity index (χ1v) is 4.22. The van der Waals surface area contributed by atoms with E-state index in [0.29, 0.717) is 13.0 Å². The fourth-order valence-electron chi connectivity index (χ4n) is 0.818. The van der Waals surface area contributed by atoms with Gasteiger partial charge in [0.15, 0.2) is 11.6 Å². The maximum absolute atomic E-state index is 13.0. The van der Waals surface area contributed by atoms with Gasteiger partial charge in [-0.1, -0.05) is 11.6 Å². The minimum atomic E-state index is -0.522. The predicted octanol–water partition coefficient (Wildman–Crippen LogP) is 2.65. The molecule has 72 valence electrons. The molecule has 0 unspecified atom stereocenters. The van der Waals surface area contributed by atoms with Crippen molar-refractivity contribution in [3.05, 3.63) is 23.1 Å². The summed E-state index contributed by atoms with van der Waals surface area (Å²) >= 11 is 5.49. The van der Waals surface area contributed by atoms with Gasteiger partial charge < -0.3 is 5.32 Å². The molecule has 1 aromatic heterocycles. The lowest BCUT2D eigenvalue weighted by molar-refractivity contribution is 0.480. The molecule has 1 rings (SSSR count). The number of anilines is 1. The Hall–Kier alpha value is -0.900. The van der Waals surface area contributed by atoms with Gasteiger partial charge in [0, 0.05) is 12.7 Å². The van der Waals surface area contributed by atoms with Crippen LogP contribution in [0.3, 0.4) is 0 Å². The molecule has 0 fully saturated rings. The van der Waals surface area contributed by atoms with E-state index >= 15 is 0 Å². The largest absolute Gasteiger partial charge is 0.368 e. The van der Waals surface area contributed by atoms with Crippen LogP contribution in [0.15, 0.2) is 12.3 Å². The van der Waals surface area contributed by atoms with Gasteiger partial charge in [-0.3, -0.25) is 4.39 Å². The van der Waals surface area contributed by atoms with Gasteiger partial charge in [0.05, 0.1) is 11.7 Å². The van der Waals surface area contributed by atoms with E-state index in [9.17, 15) is 8.78 Å². The van der Waals surface area contributed by atoms with Crippen LogP contribution in [0.5, 0.6) is 0 Å². The van der Waals surface area contributed by atoms with Gasteiger partial charge in [-0.05, 0) is 12.5 Å². The Labute approximate surface area is 79.9 Å². The summed E-state index contributed by atoms with van der Waals surface area (Å²) in [5.41, 5.74) is 0. The van der Waals surface area contributed by atoms with E-state index in [0.717, 1.165) is 6.07 Å². The zero-order chi connectivity index (χ0) is 9.68. The first-order valence-electron chi connectivity index (χ1n) is 3.85. The third-order valence-corrected chi connectivity index (χ3v) is 1.62. The van der Waals surface area contributed by atoms with Crippen LogP contribution in [0.2, 0.25) is 5.02 Å². The second-order valence-corrected chi connectivity index (χ2v) is 2.89. The standard InChI is InChI=1S/C8H9ClF2N2/c9-6-4-7(11)8(13-5-6)12-3-1-2-10/h4-5H,1-3H2,(H,12,13). The van der Waals surface area contributed by atoms with Crippen LogP contribution in [-0.2, 0) is 0 Å². The average Bonchev–Trinajstić information content (AvgIpc) is 2.09. The second-order valence-electron chi connectivity index (χ2n) is 2.45. The third kappa shape index (κ3) is 3.14. The zero-order valence-corrected chi connectivity index (χ0v) is 7.61. The maximum atomic E-state index is 13.0. The van der Waals surface area contributed by atoms with Crippen molar-refractivity contribution < 1.29 is 8.78 Å². The number of aromatic nitrogens is 1. The van der Waals surface area contributed by atoms with Crippen molar-refractivity contribution in [2.24, 2.45) is 0 Å². The van der Waals surface area contributed by atoms with Crippen LogP contribution in [0.25, 0.3) is 0 Å². The van der Waals surface area contributed by atoms with E-state index < -0.39 is 12.5 Å². The molecule has 1 aromatic rings. The van der Waals surface area contributed by atoms with Crippen molar-refractivity contribution in [3.8, 4) is 0 Å². The smallest absolute Gasteiger partial charge is 0.166 e. The van der Waals surface area contributed by atoms with Crippen molar-refractivity contribution in [3.63, 3.8) is 0 Å². The molecule has 2 nitrogen and oxygen atoms in total. The maximum Gasteiger partial charge on any atom is 0.166 e. The normalized spacial score (nSPS) is 10.1. The summed E-state index contributed by atoms with van der Waals surface area (Å²) in [5.74, 6) is -0.413. The Morgan fingerprint density at radius 2 is 2.31 bits per heavy atom. The van der Waals surface area contributed by atoms with Gasteiger partial charge in [0.25, 0.3) is 0 Å². The van der Waals surface area contributed by atoms with Crippen LogP contribution < -0.4 is 5.32 Å². The van der Waals surface area contributed by atoms with Crippen molar-refractivity contribution in [1.29, 1.82) is 0 Å². The van der Waals surface area contributed by atoms with Gasteiger partial charge in [0.2, 0.25) is 0 Å². The number of pyridine rings is 1. The van der Waals surface area contributed by atoms with Crippen LogP contribution in [0, 0.1) is 5.82 Å². The van der Waals surface area contributed by atoms with Crippen molar-refractivity contribution in [2.75, 3.05) is 18.5 Å². The highest BCUT2D eigenvalue weighted by atomic mass is 35.5. The molecule has 0 aliphatic rings. The summed E-state index contributed by atoms with van der Waals surface area (Å²) in [6.07, 6.45) is 1.67. The molecule has 0 aliphatic carbocycles. The first-order chi connectivity index (χ1) is 6.24. The van der Waals surface area contributed by atoms with Gasteiger partial charge >= 0.3 is 0 Å². The molecule has 0 atom stereocenters. The number of hydrogen-bond donors (Lipinski definition) is 1. The van der Waals surface area contributed by atoms with Crippen LogP contribution in [0.4, 0.5) is 14.6 Å². The van der Waals surface area contributed by atoms with Crippen LogP contribution in [-0.4, -0.2) is 18.2 Å². The summed E-state index contributed by atoms with van der Waals surface area (Å²) in [5, 5.41) is 2.90. The summed E-state index contributed by atoms with van der Waals surface area (Å²) in [6.45, 7) is -0.0652. The summed E-state index contributed by atoms with van der Waals surface area (Å²) in [6, 6.07) is 1.16. The minimum Gasteiger partial charge on any atom is -0.368 e. The summed E-state index contributed by atoms with van der Waals surface area (Å²) in [4.78, 5) is 3.71. The zero-order valence-electron chi connectivity index (χ0n) is 6.86. The lowest BCUT2D eigenvalue weighted by Gasteiger charge is -2.04. The molecule has 0 spiro atoms.